The fourth-order valence-corrected chi connectivity index (χ4v) is 3.47. The van der Waals surface area contributed by atoms with E-state index in [9.17, 15) is 0 Å². The van der Waals surface area contributed by atoms with E-state index in [2.05, 4.69) is 36.2 Å². The van der Waals surface area contributed by atoms with E-state index < -0.39 is 0 Å². The number of hydrogen-bond donors (Lipinski definition) is 1. The van der Waals surface area contributed by atoms with Gasteiger partial charge in [-0.25, -0.2) is 0 Å². The maximum atomic E-state index is 6.40. The van der Waals surface area contributed by atoms with Gasteiger partial charge < -0.3 is 5.73 Å². The Morgan fingerprint density at radius 3 is 3.00 bits per heavy atom. The minimum Gasteiger partial charge on any atom is -0.327 e. The van der Waals surface area contributed by atoms with Crippen LogP contribution in [0.4, 0.5) is 0 Å². The second-order valence-corrected chi connectivity index (χ2v) is 5.80. The largest absolute Gasteiger partial charge is 0.327 e. The SMILES string of the molecule is CCC1CCC(N)C(c2cccc3ccncc23)C1. The molecule has 100 valence electrons. The summed E-state index contributed by atoms with van der Waals surface area (Å²) in [4.78, 5) is 4.29. The molecule has 0 spiro atoms. The van der Waals surface area contributed by atoms with E-state index in [4.69, 9.17) is 5.73 Å². The summed E-state index contributed by atoms with van der Waals surface area (Å²) in [6.45, 7) is 2.29. The molecule has 0 radical (unpaired) electrons. The van der Waals surface area contributed by atoms with Gasteiger partial charge in [0.15, 0.2) is 0 Å². The lowest BCUT2D eigenvalue weighted by Crippen LogP contribution is -2.34. The van der Waals surface area contributed by atoms with Crippen LogP contribution in [0.5, 0.6) is 0 Å². The Morgan fingerprint density at radius 2 is 2.16 bits per heavy atom. The Kier molecular flexibility index (Phi) is 3.52. The Bertz CT molecular complexity index is 559. The van der Waals surface area contributed by atoms with Gasteiger partial charge in [0, 0.05) is 23.8 Å². The third-order valence-corrected chi connectivity index (χ3v) is 4.71. The zero-order valence-corrected chi connectivity index (χ0v) is 11.5. The third kappa shape index (κ3) is 2.37. The monoisotopic (exact) mass is 254 g/mol. The quantitative estimate of drug-likeness (QED) is 0.884. The molecule has 0 aliphatic heterocycles. The summed E-state index contributed by atoms with van der Waals surface area (Å²) in [5.74, 6) is 1.32. The van der Waals surface area contributed by atoms with Gasteiger partial charge in [-0.15, -0.1) is 0 Å². The van der Waals surface area contributed by atoms with Crippen LogP contribution in [-0.2, 0) is 0 Å². The molecule has 1 aromatic carbocycles. The highest BCUT2D eigenvalue weighted by atomic mass is 14.7. The van der Waals surface area contributed by atoms with Crippen molar-refractivity contribution >= 4 is 10.8 Å². The van der Waals surface area contributed by atoms with Crippen molar-refractivity contribution in [3.63, 3.8) is 0 Å². The van der Waals surface area contributed by atoms with Gasteiger partial charge in [0.05, 0.1) is 0 Å². The molecule has 2 heteroatoms. The van der Waals surface area contributed by atoms with Crippen molar-refractivity contribution in [3.05, 3.63) is 42.2 Å². The number of nitrogens with two attached hydrogens (primary N) is 1. The number of benzene rings is 1. The minimum atomic E-state index is 0.300. The van der Waals surface area contributed by atoms with Gasteiger partial charge in [-0.05, 0) is 48.1 Å². The lowest BCUT2D eigenvalue weighted by molar-refractivity contribution is 0.283. The molecule has 1 heterocycles. The molecule has 3 rings (SSSR count). The summed E-state index contributed by atoms with van der Waals surface area (Å²) in [6, 6.07) is 8.94. The summed E-state index contributed by atoms with van der Waals surface area (Å²) in [7, 11) is 0. The van der Waals surface area contributed by atoms with E-state index in [0.717, 1.165) is 12.3 Å². The highest BCUT2D eigenvalue weighted by Crippen LogP contribution is 2.39. The van der Waals surface area contributed by atoms with Gasteiger partial charge >= 0.3 is 0 Å². The first-order valence-electron chi connectivity index (χ1n) is 7.37. The predicted octanol–water partition coefficient (Wildman–Crippen LogP) is 3.86. The van der Waals surface area contributed by atoms with Crippen LogP contribution in [0.15, 0.2) is 36.7 Å². The molecule has 3 unspecified atom stereocenters. The van der Waals surface area contributed by atoms with Crippen LogP contribution in [0, 0.1) is 5.92 Å². The molecule has 1 aromatic heterocycles. The summed E-state index contributed by atoms with van der Waals surface area (Å²) >= 11 is 0. The van der Waals surface area contributed by atoms with E-state index in [0.29, 0.717) is 12.0 Å². The van der Waals surface area contributed by atoms with Crippen LogP contribution >= 0.6 is 0 Å². The molecule has 2 nitrogen and oxygen atoms in total. The summed E-state index contributed by atoms with van der Waals surface area (Å²) in [5, 5.41) is 2.56. The molecule has 1 aliphatic rings. The number of fused-ring (bicyclic) bond motifs is 1. The van der Waals surface area contributed by atoms with Crippen molar-refractivity contribution in [2.75, 3.05) is 0 Å². The van der Waals surface area contributed by atoms with Gasteiger partial charge in [0.25, 0.3) is 0 Å². The lowest BCUT2D eigenvalue weighted by Gasteiger charge is -2.34. The van der Waals surface area contributed by atoms with Crippen LogP contribution in [0.2, 0.25) is 0 Å². The Hall–Kier alpha value is -1.41. The van der Waals surface area contributed by atoms with E-state index in [1.807, 2.05) is 12.4 Å². The van der Waals surface area contributed by atoms with E-state index in [1.54, 1.807) is 0 Å². The first kappa shape index (κ1) is 12.6. The van der Waals surface area contributed by atoms with Gasteiger partial charge in [-0.2, -0.15) is 0 Å². The first-order chi connectivity index (χ1) is 9.29. The van der Waals surface area contributed by atoms with E-state index in [-0.39, 0.29) is 0 Å². The second-order valence-electron chi connectivity index (χ2n) is 5.80. The normalized spacial score (nSPS) is 27.6. The molecule has 0 bridgehead atoms. The lowest BCUT2D eigenvalue weighted by atomic mass is 9.73. The van der Waals surface area contributed by atoms with Crippen LogP contribution in [0.1, 0.15) is 44.1 Å². The first-order valence-corrected chi connectivity index (χ1v) is 7.37. The highest BCUT2D eigenvalue weighted by molar-refractivity contribution is 5.85. The number of nitrogens with zero attached hydrogens (tertiary/aromatic N) is 1. The van der Waals surface area contributed by atoms with Gasteiger partial charge in [-0.3, -0.25) is 4.98 Å². The molecule has 2 aromatic rings. The fourth-order valence-electron chi connectivity index (χ4n) is 3.47. The molecule has 2 N–H and O–H groups in total. The van der Waals surface area contributed by atoms with Crippen LogP contribution in [-0.4, -0.2) is 11.0 Å². The molecule has 19 heavy (non-hydrogen) atoms. The fraction of sp³-hybridized carbons (Fsp3) is 0.471. The molecule has 0 saturated heterocycles. The second kappa shape index (κ2) is 5.30. The van der Waals surface area contributed by atoms with Crippen molar-refractivity contribution in [2.45, 2.75) is 44.6 Å². The van der Waals surface area contributed by atoms with Crippen molar-refractivity contribution in [1.29, 1.82) is 0 Å². The Morgan fingerprint density at radius 1 is 1.26 bits per heavy atom. The summed E-state index contributed by atoms with van der Waals surface area (Å²) in [6.07, 6.45) is 8.80. The molecule has 1 fully saturated rings. The third-order valence-electron chi connectivity index (χ3n) is 4.71. The van der Waals surface area contributed by atoms with Crippen molar-refractivity contribution in [1.82, 2.24) is 4.98 Å². The number of pyridine rings is 1. The zero-order valence-electron chi connectivity index (χ0n) is 11.5. The number of hydrogen-bond acceptors (Lipinski definition) is 2. The Balaban J connectivity index is 2.02. The maximum Gasteiger partial charge on any atom is 0.0349 e. The number of rotatable bonds is 2. The van der Waals surface area contributed by atoms with Gasteiger partial charge in [-0.1, -0.05) is 31.5 Å². The summed E-state index contributed by atoms with van der Waals surface area (Å²) in [5.41, 5.74) is 7.80. The molecule has 0 amide bonds. The van der Waals surface area contributed by atoms with Crippen molar-refractivity contribution < 1.29 is 0 Å². The average molecular weight is 254 g/mol. The van der Waals surface area contributed by atoms with E-state index >= 15 is 0 Å². The highest BCUT2D eigenvalue weighted by Gasteiger charge is 2.29. The molecular formula is C17H22N2. The molecule has 1 saturated carbocycles. The predicted molar refractivity (Wildman–Crippen MR) is 80.1 cm³/mol. The topological polar surface area (TPSA) is 38.9 Å². The molecular weight excluding hydrogens is 232 g/mol. The summed E-state index contributed by atoms with van der Waals surface area (Å²) < 4.78 is 0. The van der Waals surface area contributed by atoms with Crippen molar-refractivity contribution in [2.24, 2.45) is 11.7 Å². The van der Waals surface area contributed by atoms with Crippen LogP contribution in [0.25, 0.3) is 10.8 Å². The van der Waals surface area contributed by atoms with Gasteiger partial charge in [0.1, 0.15) is 0 Å². The number of aromatic nitrogens is 1. The average Bonchev–Trinajstić information content (AvgIpc) is 2.47. The van der Waals surface area contributed by atoms with E-state index in [1.165, 1.54) is 35.6 Å². The maximum absolute atomic E-state index is 6.40. The van der Waals surface area contributed by atoms with Gasteiger partial charge in [0.2, 0.25) is 0 Å². The zero-order chi connectivity index (χ0) is 13.2. The molecule has 3 atom stereocenters. The Labute approximate surface area is 115 Å². The van der Waals surface area contributed by atoms with Crippen molar-refractivity contribution in [3.8, 4) is 0 Å². The van der Waals surface area contributed by atoms with Crippen LogP contribution < -0.4 is 5.73 Å². The molecule has 1 aliphatic carbocycles. The smallest absolute Gasteiger partial charge is 0.0349 e. The minimum absolute atomic E-state index is 0.300. The van der Waals surface area contributed by atoms with Crippen LogP contribution in [0.3, 0.4) is 0 Å². The standard InChI is InChI=1S/C17H22N2/c1-2-12-6-7-17(18)15(10-12)14-5-3-4-13-8-9-19-11-16(13)14/h3-5,8-9,11-12,15,17H,2,6-7,10,18H2,1H3.